The minimum absolute atomic E-state index is 0.129. The van der Waals surface area contributed by atoms with E-state index in [4.69, 9.17) is 5.11 Å². The van der Waals surface area contributed by atoms with E-state index >= 15 is 0 Å². The maximum Gasteiger partial charge on any atom is 0.315 e. The van der Waals surface area contributed by atoms with E-state index < -0.39 is 0 Å². The molecule has 4 nitrogen and oxygen atoms in total. The van der Waals surface area contributed by atoms with E-state index in [0.29, 0.717) is 13.0 Å². The molecule has 0 aromatic heterocycles. The van der Waals surface area contributed by atoms with Crippen LogP contribution in [0.25, 0.3) is 0 Å². The van der Waals surface area contributed by atoms with Crippen LogP contribution in [0.2, 0.25) is 0 Å². The molecule has 112 valence electrons. The molecule has 0 aliphatic rings. The van der Waals surface area contributed by atoms with Crippen LogP contribution in [0.3, 0.4) is 0 Å². The highest BCUT2D eigenvalue weighted by Gasteiger charge is 2.10. The number of amides is 2. The van der Waals surface area contributed by atoms with E-state index in [-0.39, 0.29) is 18.2 Å². The lowest BCUT2D eigenvalue weighted by Crippen LogP contribution is -2.43. The van der Waals surface area contributed by atoms with E-state index in [1.165, 1.54) is 11.1 Å². The van der Waals surface area contributed by atoms with Gasteiger partial charge in [0, 0.05) is 12.6 Å². The minimum Gasteiger partial charge on any atom is -0.393 e. The van der Waals surface area contributed by atoms with Gasteiger partial charge in [0.1, 0.15) is 0 Å². The zero-order chi connectivity index (χ0) is 15.0. The van der Waals surface area contributed by atoms with Crippen molar-refractivity contribution in [2.45, 2.75) is 52.2 Å². The fraction of sp³-hybridized carbons (Fsp3) is 0.562. The largest absolute Gasteiger partial charge is 0.393 e. The van der Waals surface area contributed by atoms with E-state index in [9.17, 15) is 4.79 Å². The van der Waals surface area contributed by atoms with Crippen molar-refractivity contribution in [1.29, 1.82) is 0 Å². The third-order valence-electron chi connectivity index (χ3n) is 3.28. The molecule has 2 amide bonds. The number of aliphatic hydroxyl groups excluding tert-OH is 1. The van der Waals surface area contributed by atoms with Crippen LogP contribution in [-0.4, -0.2) is 29.8 Å². The molecular weight excluding hydrogens is 252 g/mol. The molecule has 1 aromatic carbocycles. The molecule has 0 saturated heterocycles. The Labute approximate surface area is 121 Å². The van der Waals surface area contributed by atoms with Crippen molar-refractivity contribution < 1.29 is 9.90 Å². The number of carbonyl (C=O) groups excluding carboxylic acids is 1. The number of benzene rings is 1. The van der Waals surface area contributed by atoms with Gasteiger partial charge in [0.05, 0.1) is 6.10 Å². The topological polar surface area (TPSA) is 61.4 Å². The Morgan fingerprint density at radius 1 is 1.30 bits per heavy atom. The number of rotatable bonds is 7. The Bertz CT molecular complexity index is 401. The number of hydrogen-bond acceptors (Lipinski definition) is 2. The summed E-state index contributed by atoms with van der Waals surface area (Å²) >= 11 is 0. The van der Waals surface area contributed by atoms with Gasteiger partial charge >= 0.3 is 6.03 Å². The SMILES string of the molecule is CCC(Cc1ccc(C)cc1)NC(=O)NCCC(C)O. The zero-order valence-electron chi connectivity index (χ0n) is 12.6. The molecule has 2 atom stereocenters. The summed E-state index contributed by atoms with van der Waals surface area (Å²) in [7, 11) is 0. The summed E-state index contributed by atoms with van der Waals surface area (Å²) < 4.78 is 0. The third kappa shape index (κ3) is 6.57. The average molecular weight is 278 g/mol. The van der Waals surface area contributed by atoms with Gasteiger partial charge in [-0.3, -0.25) is 0 Å². The highest BCUT2D eigenvalue weighted by atomic mass is 16.3. The molecule has 0 spiro atoms. The van der Waals surface area contributed by atoms with Gasteiger partial charge in [-0.1, -0.05) is 36.8 Å². The minimum atomic E-state index is -0.384. The first-order chi connectivity index (χ1) is 9.51. The van der Waals surface area contributed by atoms with Crippen molar-refractivity contribution in [2.24, 2.45) is 0 Å². The zero-order valence-corrected chi connectivity index (χ0v) is 12.6. The molecule has 1 aromatic rings. The number of urea groups is 1. The standard InChI is InChI=1S/C16H26N2O2/c1-4-15(11-14-7-5-12(2)6-8-14)18-16(20)17-10-9-13(3)19/h5-8,13,15,19H,4,9-11H2,1-3H3,(H2,17,18,20). The van der Waals surface area contributed by atoms with E-state index in [1.807, 2.05) is 0 Å². The third-order valence-corrected chi connectivity index (χ3v) is 3.28. The first-order valence-corrected chi connectivity index (χ1v) is 7.29. The van der Waals surface area contributed by atoms with Gasteiger partial charge in [-0.05, 0) is 38.7 Å². The van der Waals surface area contributed by atoms with Crippen molar-refractivity contribution in [3.8, 4) is 0 Å². The van der Waals surface area contributed by atoms with Gasteiger partial charge in [-0.25, -0.2) is 4.79 Å². The van der Waals surface area contributed by atoms with Crippen molar-refractivity contribution in [1.82, 2.24) is 10.6 Å². The van der Waals surface area contributed by atoms with Gasteiger partial charge in [-0.2, -0.15) is 0 Å². The number of hydrogen-bond donors (Lipinski definition) is 3. The Hall–Kier alpha value is -1.55. The molecule has 0 saturated carbocycles. The molecule has 1 rings (SSSR count). The monoisotopic (exact) mass is 278 g/mol. The lowest BCUT2D eigenvalue weighted by molar-refractivity contribution is 0.183. The summed E-state index contributed by atoms with van der Waals surface area (Å²) in [6.45, 7) is 6.33. The smallest absolute Gasteiger partial charge is 0.315 e. The van der Waals surface area contributed by atoms with Gasteiger partial charge in [0.2, 0.25) is 0 Å². The normalized spacial score (nSPS) is 13.6. The summed E-state index contributed by atoms with van der Waals surface area (Å²) in [5.74, 6) is 0. The second-order valence-electron chi connectivity index (χ2n) is 5.33. The first kappa shape index (κ1) is 16.5. The van der Waals surface area contributed by atoms with Crippen molar-refractivity contribution in [3.63, 3.8) is 0 Å². The molecule has 0 radical (unpaired) electrons. The Kier molecular flexibility index (Phi) is 7.09. The van der Waals surface area contributed by atoms with Crippen LogP contribution >= 0.6 is 0 Å². The lowest BCUT2D eigenvalue weighted by atomic mass is 10.0. The van der Waals surface area contributed by atoms with Gasteiger partial charge in [-0.15, -0.1) is 0 Å². The van der Waals surface area contributed by atoms with E-state index in [2.05, 4.69) is 48.7 Å². The molecule has 0 heterocycles. The summed E-state index contributed by atoms with van der Waals surface area (Å²) in [5.41, 5.74) is 2.47. The lowest BCUT2D eigenvalue weighted by Gasteiger charge is -2.18. The predicted octanol–water partition coefficient (Wildman–Crippen LogP) is 2.39. The van der Waals surface area contributed by atoms with Crippen molar-refractivity contribution >= 4 is 6.03 Å². The highest BCUT2D eigenvalue weighted by molar-refractivity contribution is 5.74. The summed E-state index contributed by atoms with van der Waals surface area (Å²) in [6.07, 6.45) is 1.91. The van der Waals surface area contributed by atoms with Gasteiger partial charge in [0.25, 0.3) is 0 Å². The highest BCUT2D eigenvalue weighted by Crippen LogP contribution is 2.07. The first-order valence-electron chi connectivity index (χ1n) is 7.29. The van der Waals surface area contributed by atoms with Crippen LogP contribution in [0.5, 0.6) is 0 Å². The Balaban J connectivity index is 2.38. The van der Waals surface area contributed by atoms with E-state index in [0.717, 1.165) is 12.8 Å². The van der Waals surface area contributed by atoms with Gasteiger partial charge in [0.15, 0.2) is 0 Å². The van der Waals surface area contributed by atoms with Crippen LogP contribution in [-0.2, 0) is 6.42 Å². The summed E-state index contributed by atoms with van der Waals surface area (Å²) in [4.78, 5) is 11.7. The number of carbonyl (C=O) groups is 1. The second kappa shape index (κ2) is 8.59. The molecule has 2 unspecified atom stereocenters. The van der Waals surface area contributed by atoms with Crippen LogP contribution < -0.4 is 10.6 Å². The van der Waals surface area contributed by atoms with Crippen LogP contribution in [0.4, 0.5) is 4.79 Å². The average Bonchev–Trinajstić information content (AvgIpc) is 2.40. The second-order valence-corrected chi connectivity index (χ2v) is 5.33. The molecule has 0 aliphatic carbocycles. The van der Waals surface area contributed by atoms with Crippen molar-refractivity contribution in [3.05, 3.63) is 35.4 Å². The maximum absolute atomic E-state index is 11.7. The fourth-order valence-electron chi connectivity index (χ4n) is 1.94. The fourth-order valence-corrected chi connectivity index (χ4v) is 1.94. The number of aryl methyl sites for hydroxylation is 1. The van der Waals surface area contributed by atoms with Gasteiger partial charge < -0.3 is 15.7 Å². The molecule has 0 aliphatic heterocycles. The molecule has 0 bridgehead atoms. The predicted molar refractivity (Wildman–Crippen MR) is 81.8 cm³/mol. The van der Waals surface area contributed by atoms with Crippen LogP contribution in [0.15, 0.2) is 24.3 Å². The number of aliphatic hydroxyl groups is 1. The van der Waals surface area contributed by atoms with Crippen LogP contribution in [0, 0.1) is 6.92 Å². The van der Waals surface area contributed by atoms with Crippen molar-refractivity contribution in [2.75, 3.05) is 6.54 Å². The van der Waals surface area contributed by atoms with E-state index in [1.54, 1.807) is 6.92 Å². The molecule has 3 N–H and O–H groups in total. The Morgan fingerprint density at radius 3 is 2.50 bits per heavy atom. The quantitative estimate of drug-likeness (QED) is 0.717. The van der Waals surface area contributed by atoms with Crippen LogP contribution in [0.1, 0.15) is 37.8 Å². The molecule has 20 heavy (non-hydrogen) atoms. The molecular formula is C16H26N2O2. The molecule has 0 fully saturated rings. The molecule has 4 heteroatoms. The maximum atomic E-state index is 11.7. The number of nitrogens with one attached hydrogen (secondary N) is 2. The Morgan fingerprint density at radius 2 is 1.95 bits per heavy atom. The summed E-state index contributed by atoms with van der Waals surface area (Å²) in [6, 6.07) is 8.35. The summed E-state index contributed by atoms with van der Waals surface area (Å²) in [5, 5.41) is 14.9.